The van der Waals surface area contributed by atoms with Gasteiger partial charge in [0.15, 0.2) is 0 Å². The molecule has 0 saturated carbocycles. The summed E-state index contributed by atoms with van der Waals surface area (Å²) < 4.78 is 12.9. The molecular formula is C18H19ClFN3. The van der Waals surface area contributed by atoms with Gasteiger partial charge in [0.2, 0.25) is 0 Å². The lowest BCUT2D eigenvalue weighted by atomic mass is 10.2. The largest absolute Gasteiger partial charge is 0.295 e. The van der Waals surface area contributed by atoms with Gasteiger partial charge in [0, 0.05) is 37.7 Å². The van der Waals surface area contributed by atoms with E-state index in [1.54, 1.807) is 18.3 Å². The van der Waals surface area contributed by atoms with E-state index in [-0.39, 0.29) is 5.82 Å². The van der Waals surface area contributed by atoms with Crippen LogP contribution >= 0.6 is 11.6 Å². The first-order valence-electron chi connectivity index (χ1n) is 7.71. The lowest BCUT2D eigenvalue weighted by Gasteiger charge is -2.33. The van der Waals surface area contributed by atoms with Crippen LogP contribution in [0.25, 0.3) is 0 Å². The maximum Gasteiger partial charge on any atom is 0.123 e. The normalized spacial score (nSPS) is 16.2. The van der Waals surface area contributed by atoms with Gasteiger partial charge < -0.3 is 0 Å². The van der Waals surface area contributed by atoms with Crippen molar-refractivity contribution in [2.75, 3.05) is 26.2 Å². The van der Waals surface area contributed by atoms with Crippen LogP contribution < -0.4 is 0 Å². The Morgan fingerprint density at radius 2 is 1.70 bits per heavy atom. The Balaban J connectivity index is 1.50. The van der Waals surface area contributed by atoms with Gasteiger partial charge in [0.25, 0.3) is 0 Å². The third-order valence-electron chi connectivity index (χ3n) is 3.94. The maximum atomic E-state index is 12.9. The lowest BCUT2D eigenvalue weighted by molar-refractivity contribution is 0.131. The van der Waals surface area contributed by atoms with Crippen molar-refractivity contribution in [3.63, 3.8) is 0 Å². The fourth-order valence-electron chi connectivity index (χ4n) is 2.58. The van der Waals surface area contributed by atoms with Gasteiger partial charge in [-0.25, -0.2) is 4.39 Å². The topological polar surface area (TPSA) is 18.8 Å². The predicted octanol–water partition coefficient (Wildman–Crippen LogP) is 3.63. The molecule has 1 saturated heterocycles. The number of hydrogen-bond acceptors (Lipinski definition) is 3. The molecule has 0 atom stereocenters. The summed E-state index contributed by atoms with van der Waals surface area (Å²) >= 11 is 6.21. The molecule has 0 radical (unpaired) electrons. The highest BCUT2D eigenvalue weighted by molar-refractivity contribution is 6.31. The Labute approximate surface area is 141 Å². The standard InChI is InChI=1S/C18H19ClFN3/c19-18-4-2-1-3-16(18)14-22-9-11-23(12-10-22)21-13-15-5-7-17(20)8-6-15/h1-8,13H,9-12,14H2/b21-13-. The van der Waals surface area contributed by atoms with Gasteiger partial charge in [-0.3, -0.25) is 9.91 Å². The molecular weight excluding hydrogens is 313 g/mol. The molecule has 1 heterocycles. The van der Waals surface area contributed by atoms with Gasteiger partial charge in [-0.15, -0.1) is 0 Å². The zero-order valence-corrected chi connectivity index (χ0v) is 13.6. The van der Waals surface area contributed by atoms with Crippen molar-refractivity contribution in [3.05, 3.63) is 70.5 Å². The highest BCUT2D eigenvalue weighted by Crippen LogP contribution is 2.17. The van der Waals surface area contributed by atoms with Crippen molar-refractivity contribution in [2.24, 2.45) is 5.10 Å². The van der Waals surface area contributed by atoms with E-state index in [1.165, 1.54) is 12.1 Å². The second kappa shape index (κ2) is 7.57. The molecule has 3 nitrogen and oxygen atoms in total. The number of hydrogen-bond donors (Lipinski definition) is 0. The van der Waals surface area contributed by atoms with Crippen LogP contribution in [0.1, 0.15) is 11.1 Å². The van der Waals surface area contributed by atoms with E-state index < -0.39 is 0 Å². The van der Waals surface area contributed by atoms with Crippen LogP contribution in [0.3, 0.4) is 0 Å². The summed E-state index contributed by atoms with van der Waals surface area (Å²) in [4.78, 5) is 2.38. The van der Waals surface area contributed by atoms with E-state index in [1.807, 2.05) is 23.2 Å². The third-order valence-corrected chi connectivity index (χ3v) is 4.31. The molecule has 0 unspecified atom stereocenters. The quantitative estimate of drug-likeness (QED) is 0.797. The Morgan fingerprint density at radius 3 is 2.39 bits per heavy atom. The molecule has 0 N–H and O–H groups in total. The molecule has 0 bridgehead atoms. The molecule has 120 valence electrons. The van der Waals surface area contributed by atoms with Crippen molar-refractivity contribution in [1.82, 2.24) is 9.91 Å². The summed E-state index contributed by atoms with van der Waals surface area (Å²) in [5, 5.41) is 7.35. The molecule has 1 aliphatic heterocycles. The van der Waals surface area contributed by atoms with Gasteiger partial charge in [0.1, 0.15) is 5.82 Å². The number of benzene rings is 2. The van der Waals surface area contributed by atoms with Crippen LogP contribution in [0.2, 0.25) is 5.02 Å². The molecule has 1 aliphatic rings. The van der Waals surface area contributed by atoms with Crippen LogP contribution in [0.4, 0.5) is 4.39 Å². The molecule has 0 aliphatic carbocycles. The molecule has 0 spiro atoms. The average molecular weight is 332 g/mol. The number of nitrogens with zero attached hydrogens (tertiary/aromatic N) is 3. The SMILES string of the molecule is Fc1ccc(/C=N\N2CCN(Cc3ccccc3Cl)CC2)cc1. The molecule has 3 rings (SSSR count). The van der Waals surface area contributed by atoms with Crippen LogP contribution in [-0.2, 0) is 6.54 Å². The number of piperazine rings is 1. The highest BCUT2D eigenvalue weighted by Gasteiger charge is 2.16. The van der Waals surface area contributed by atoms with E-state index in [9.17, 15) is 4.39 Å². The van der Waals surface area contributed by atoms with Crippen LogP contribution in [0, 0.1) is 5.82 Å². The molecule has 5 heteroatoms. The smallest absolute Gasteiger partial charge is 0.123 e. The Morgan fingerprint density at radius 1 is 1.00 bits per heavy atom. The van der Waals surface area contributed by atoms with Gasteiger partial charge in [0.05, 0.1) is 6.21 Å². The second-order valence-electron chi connectivity index (χ2n) is 5.62. The molecule has 2 aromatic carbocycles. The van der Waals surface area contributed by atoms with Gasteiger partial charge in [-0.05, 0) is 29.3 Å². The fraction of sp³-hybridized carbons (Fsp3) is 0.278. The highest BCUT2D eigenvalue weighted by atomic mass is 35.5. The van der Waals surface area contributed by atoms with Gasteiger partial charge in [-0.2, -0.15) is 5.10 Å². The summed E-state index contributed by atoms with van der Waals surface area (Å²) in [5.41, 5.74) is 2.07. The first-order chi connectivity index (χ1) is 11.2. The average Bonchev–Trinajstić information content (AvgIpc) is 2.58. The predicted molar refractivity (Wildman–Crippen MR) is 92.3 cm³/mol. The van der Waals surface area contributed by atoms with Crippen LogP contribution in [0.5, 0.6) is 0 Å². The van der Waals surface area contributed by atoms with Gasteiger partial charge >= 0.3 is 0 Å². The first kappa shape index (κ1) is 16.0. The van der Waals surface area contributed by atoms with E-state index in [0.717, 1.165) is 48.9 Å². The maximum absolute atomic E-state index is 12.9. The zero-order chi connectivity index (χ0) is 16.1. The summed E-state index contributed by atoms with van der Waals surface area (Å²) in [7, 11) is 0. The minimum Gasteiger partial charge on any atom is -0.295 e. The molecule has 2 aromatic rings. The zero-order valence-electron chi connectivity index (χ0n) is 12.8. The Bertz CT molecular complexity index is 664. The monoisotopic (exact) mass is 331 g/mol. The fourth-order valence-corrected chi connectivity index (χ4v) is 2.77. The van der Waals surface area contributed by atoms with Crippen molar-refractivity contribution < 1.29 is 4.39 Å². The minimum absolute atomic E-state index is 0.227. The lowest BCUT2D eigenvalue weighted by Crippen LogP contribution is -2.43. The van der Waals surface area contributed by atoms with E-state index in [0.29, 0.717) is 0 Å². The van der Waals surface area contributed by atoms with E-state index in [2.05, 4.69) is 16.1 Å². The summed E-state index contributed by atoms with van der Waals surface area (Å²) in [6, 6.07) is 14.3. The Hall–Kier alpha value is -1.91. The molecule has 0 aromatic heterocycles. The summed E-state index contributed by atoms with van der Waals surface area (Å²) in [6.45, 7) is 4.53. The first-order valence-corrected chi connectivity index (χ1v) is 8.09. The second-order valence-corrected chi connectivity index (χ2v) is 6.02. The molecule has 1 fully saturated rings. The van der Waals surface area contributed by atoms with Crippen molar-refractivity contribution >= 4 is 17.8 Å². The summed E-state index contributed by atoms with van der Waals surface area (Å²) in [5.74, 6) is -0.227. The van der Waals surface area contributed by atoms with E-state index >= 15 is 0 Å². The van der Waals surface area contributed by atoms with Crippen LogP contribution in [0.15, 0.2) is 53.6 Å². The van der Waals surface area contributed by atoms with Gasteiger partial charge in [-0.1, -0.05) is 41.9 Å². The molecule has 0 amide bonds. The Kier molecular flexibility index (Phi) is 5.26. The third kappa shape index (κ3) is 4.53. The minimum atomic E-state index is -0.227. The summed E-state index contributed by atoms with van der Waals surface area (Å²) in [6.07, 6.45) is 1.78. The number of hydrazone groups is 1. The van der Waals surface area contributed by atoms with Crippen molar-refractivity contribution in [1.29, 1.82) is 0 Å². The molecule has 23 heavy (non-hydrogen) atoms. The van der Waals surface area contributed by atoms with Crippen LogP contribution in [-0.4, -0.2) is 42.3 Å². The number of halogens is 2. The van der Waals surface area contributed by atoms with Crippen molar-refractivity contribution in [3.8, 4) is 0 Å². The van der Waals surface area contributed by atoms with E-state index in [4.69, 9.17) is 11.6 Å². The van der Waals surface area contributed by atoms with Crippen molar-refractivity contribution in [2.45, 2.75) is 6.54 Å². The number of rotatable bonds is 4.